The first-order valence-electron chi connectivity index (χ1n) is 10.9. The minimum atomic E-state index is 0. The molecule has 0 fully saturated rings. The topological polar surface area (TPSA) is 76.9 Å². The maximum absolute atomic E-state index is 11.9. The Hall–Kier alpha value is -3.01. The minimum Gasteiger partial charge on any atom is -0.454 e. The van der Waals surface area contributed by atoms with Crippen LogP contribution in [0.15, 0.2) is 76.6 Å². The van der Waals surface area contributed by atoms with Gasteiger partial charge < -0.3 is 24.7 Å². The van der Waals surface area contributed by atoms with Crippen molar-refractivity contribution in [3.63, 3.8) is 0 Å². The highest BCUT2D eigenvalue weighted by Crippen LogP contribution is 2.32. The molecule has 0 amide bonds. The lowest BCUT2D eigenvalue weighted by Crippen LogP contribution is -2.38. The van der Waals surface area contributed by atoms with Crippen molar-refractivity contribution in [3.05, 3.63) is 93.9 Å². The molecule has 2 N–H and O–H groups in total. The van der Waals surface area contributed by atoms with Crippen molar-refractivity contribution in [1.29, 1.82) is 0 Å². The fraction of sp³-hybridized carbons (Fsp3) is 0.280. The number of hydrogen-bond donors (Lipinski definition) is 2. The summed E-state index contributed by atoms with van der Waals surface area (Å²) in [6.45, 7) is 5.03. The molecule has 0 spiro atoms. The van der Waals surface area contributed by atoms with Crippen molar-refractivity contribution in [1.82, 2.24) is 15.2 Å². The van der Waals surface area contributed by atoms with Gasteiger partial charge >= 0.3 is 0 Å². The number of aromatic nitrogens is 1. The lowest BCUT2D eigenvalue weighted by Gasteiger charge is -2.12. The van der Waals surface area contributed by atoms with Crippen LogP contribution in [-0.2, 0) is 19.5 Å². The summed E-state index contributed by atoms with van der Waals surface area (Å²) in [5.41, 5.74) is 3.39. The van der Waals surface area contributed by atoms with E-state index in [9.17, 15) is 4.79 Å². The van der Waals surface area contributed by atoms with Gasteiger partial charge in [-0.1, -0.05) is 36.4 Å². The number of guanidine groups is 1. The van der Waals surface area contributed by atoms with E-state index in [2.05, 4.69) is 35.8 Å². The molecule has 3 aromatic rings. The SMILES string of the molecule is CCNC(=NCc1ccc(Cn2ccccc2=O)cc1)NCCc1ccc2c(c1)OCO2.I. The van der Waals surface area contributed by atoms with Crippen molar-refractivity contribution in [2.24, 2.45) is 4.99 Å². The molecule has 0 bridgehead atoms. The molecule has 4 rings (SSSR count). The molecular formula is C25H29IN4O3. The van der Waals surface area contributed by atoms with Crippen molar-refractivity contribution >= 4 is 29.9 Å². The van der Waals surface area contributed by atoms with E-state index in [1.807, 2.05) is 30.3 Å². The van der Waals surface area contributed by atoms with Gasteiger partial charge in [-0.05, 0) is 48.2 Å². The predicted molar refractivity (Wildman–Crippen MR) is 141 cm³/mol. The van der Waals surface area contributed by atoms with Crippen molar-refractivity contribution in [2.45, 2.75) is 26.4 Å². The summed E-state index contributed by atoms with van der Waals surface area (Å²) >= 11 is 0. The van der Waals surface area contributed by atoms with E-state index in [1.165, 1.54) is 5.56 Å². The zero-order valence-electron chi connectivity index (χ0n) is 18.6. The highest BCUT2D eigenvalue weighted by Gasteiger charge is 2.13. The average Bonchev–Trinajstić information content (AvgIpc) is 3.28. The second-order valence-corrected chi connectivity index (χ2v) is 7.54. The minimum absolute atomic E-state index is 0. The third-order valence-electron chi connectivity index (χ3n) is 5.18. The van der Waals surface area contributed by atoms with E-state index in [1.54, 1.807) is 22.9 Å². The van der Waals surface area contributed by atoms with Crippen molar-refractivity contribution in [3.8, 4) is 11.5 Å². The van der Waals surface area contributed by atoms with Gasteiger partial charge in [-0.3, -0.25) is 4.79 Å². The number of nitrogens with zero attached hydrogens (tertiary/aromatic N) is 2. The van der Waals surface area contributed by atoms with Gasteiger partial charge in [0, 0.05) is 25.4 Å². The molecule has 0 aliphatic carbocycles. The Balaban J connectivity index is 0.00000306. The molecule has 8 heteroatoms. The van der Waals surface area contributed by atoms with E-state index in [-0.39, 0.29) is 29.5 Å². The summed E-state index contributed by atoms with van der Waals surface area (Å²) in [4.78, 5) is 16.6. The van der Waals surface area contributed by atoms with Crippen LogP contribution in [0.4, 0.5) is 0 Å². The van der Waals surface area contributed by atoms with Crippen LogP contribution in [0, 0.1) is 0 Å². The number of benzene rings is 2. The van der Waals surface area contributed by atoms with E-state index in [0.717, 1.165) is 48.1 Å². The second kappa shape index (κ2) is 12.3. The van der Waals surface area contributed by atoms with Crippen molar-refractivity contribution < 1.29 is 9.47 Å². The molecule has 7 nitrogen and oxygen atoms in total. The Morgan fingerprint density at radius 2 is 1.73 bits per heavy atom. The summed E-state index contributed by atoms with van der Waals surface area (Å²) in [5, 5.41) is 6.67. The number of nitrogens with one attached hydrogen (secondary N) is 2. The summed E-state index contributed by atoms with van der Waals surface area (Å²) in [6.07, 6.45) is 2.66. The zero-order chi connectivity index (χ0) is 22.2. The van der Waals surface area contributed by atoms with Gasteiger partial charge in [-0.15, -0.1) is 24.0 Å². The molecule has 0 saturated carbocycles. The summed E-state index contributed by atoms with van der Waals surface area (Å²) < 4.78 is 12.5. The normalized spacial score (nSPS) is 12.2. The van der Waals surface area contributed by atoms with E-state index in [4.69, 9.17) is 14.5 Å². The van der Waals surface area contributed by atoms with Crippen LogP contribution in [0.3, 0.4) is 0 Å². The highest BCUT2D eigenvalue weighted by atomic mass is 127. The van der Waals surface area contributed by atoms with Crippen molar-refractivity contribution in [2.75, 3.05) is 19.9 Å². The molecule has 174 valence electrons. The van der Waals surface area contributed by atoms with Crippen LogP contribution < -0.4 is 25.7 Å². The summed E-state index contributed by atoms with van der Waals surface area (Å²) in [7, 11) is 0. The van der Waals surface area contributed by atoms with Gasteiger partial charge in [0.25, 0.3) is 5.56 Å². The number of aliphatic imine (C=N–C) groups is 1. The zero-order valence-corrected chi connectivity index (χ0v) is 21.0. The van der Waals surface area contributed by atoms with Crippen LogP contribution in [-0.4, -0.2) is 30.4 Å². The molecule has 2 heterocycles. The van der Waals surface area contributed by atoms with Crippen LogP contribution >= 0.6 is 24.0 Å². The summed E-state index contributed by atoms with van der Waals surface area (Å²) in [6, 6.07) is 19.4. The first-order chi connectivity index (χ1) is 15.7. The highest BCUT2D eigenvalue weighted by molar-refractivity contribution is 14.0. The first-order valence-corrected chi connectivity index (χ1v) is 10.9. The second-order valence-electron chi connectivity index (χ2n) is 7.54. The molecular weight excluding hydrogens is 531 g/mol. The van der Waals surface area contributed by atoms with Crippen LogP contribution in [0.5, 0.6) is 11.5 Å². The third-order valence-corrected chi connectivity index (χ3v) is 5.18. The van der Waals surface area contributed by atoms with Gasteiger partial charge in [0.1, 0.15) is 0 Å². The Morgan fingerprint density at radius 1 is 0.970 bits per heavy atom. The molecule has 0 unspecified atom stereocenters. The maximum atomic E-state index is 11.9. The molecule has 33 heavy (non-hydrogen) atoms. The van der Waals surface area contributed by atoms with Crippen LogP contribution in [0.25, 0.3) is 0 Å². The Morgan fingerprint density at radius 3 is 2.52 bits per heavy atom. The fourth-order valence-corrected chi connectivity index (χ4v) is 3.47. The Kier molecular flexibility index (Phi) is 9.17. The van der Waals surface area contributed by atoms with Gasteiger partial charge in [0.15, 0.2) is 17.5 Å². The van der Waals surface area contributed by atoms with E-state index < -0.39 is 0 Å². The predicted octanol–water partition coefficient (Wildman–Crippen LogP) is 3.54. The molecule has 0 radical (unpaired) electrons. The Labute approximate surface area is 210 Å². The standard InChI is InChI=1S/C25H28N4O3.HI/c1-2-26-25(27-13-12-19-10-11-22-23(15-19)32-18-31-22)28-16-20-6-8-21(9-7-20)17-29-14-4-3-5-24(29)30;/h3-11,14-15H,2,12-13,16-18H2,1H3,(H2,26,27,28);1H. The van der Waals surface area contributed by atoms with Crippen LogP contribution in [0.2, 0.25) is 0 Å². The van der Waals surface area contributed by atoms with Crippen LogP contribution in [0.1, 0.15) is 23.6 Å². The fourth-order valence-electron chi connectivity index (χ4n) is 3.47. The molecule has 1 aromatic heterocycles. The molecule has 0 saturated heterocycles. The molecule has 2 aromatic carbocycles. The van der Waals surface area contributed by atoms with Gasteiger partial charge in [-0.2, -0.15) is 0 Å². The molecule has 1 aliphatic heterocycles. The molecule has 0 atom stereocenters. The average molecular weight is 560 g/mol. The third kappa shape index (κ3) is 6.98. The van der Waals surface area contributed by atoms with E-state index in [0.29, 0.717) is 19.9 Å². The number of rotatable bonds is 8. The van der Waals surface area contributed by atoms with Gasteiger partial charge in [-0.25, -0.2) is 4.99 Å². The monoisotopic (exact) mass is 560 g/mol. The number of ether oxygens (including phenoxy) is 2. The number of pyridine rings is 1. The number of halogens is 1. The maximum Gasteiger partial charge on any atom is 0.250 e. The van der Waals surface area contributed by atoms with Gasteiger partial charge in [0.05, 0.1) is 13.1 Å². The quantitative estimate of drug-likeness (QED) is 0.251. The first kappa shape index (κ1) is 24.6. The Bertz CT molecular complexity index is 1130. The molecule has 1 aliphatic rings. The lowest BCUT2D eigenvalue weighted by molar-refractivity contribution is 0.174. The van der Waals surface area contributed by atoms with E-state index >= 15 is 0 Å². The lowest BCUT2D eigenvalue weighted by atomic mass is 10.1. The summed E-state index contributed by atoms with van der Waals surface area (Å²) in [5.74, 6) is 2.40. The smallest absolute Gasteiger partial charge is 0.250 e. The van der Waals surface area contributed by atoms with Gasteiger partial charge in [0.2, 0.25) is 6.79 Å². The number of fused-ring (bicyclic) bond motifs is 1. The largest absolute Gasteiger partial charge is 0.454 e. The number of hydrogen-bond acceptors (Lipinski definition) is 4.